The van der Waals surface area contributed by atoms with Crippen LogP contribution < -0.4 is 10.6 Å². The Balaban J connectivity index is 1.77. The van der Waals surface area contributed by atoms with Gasteiger partial charge in [0, 0.05) is 24.2 Å². The summed E-state index contributed by atoms with van der Waals surface area (Å²) >= 11 is 0. The predicted octanol–water partition coefficient (Wildman–Crippen LogP) is 3.17. The summed E-state index contributed by atoms with van der Waals surface area (Å²) < 4.78 is 5.65. The zero-order chi connectivity index (χ0) is 20.4. The third kappa shape index (κ3) is 4.14. The highest BCUT2D eigenvalue weighted by Gasteiger charge is 2.30. The SMILES string of the molecule is Cc1cc(NC(=O)c2c(C)oc3c2C(=O)CCC3)ccc1NC(=O)CN(C)C. The topological polar surface area (TPSA) is 91.6 Å². The molecular formula is C21H25N3O4. The second kappa shape index (κ2) is 7.98. The van der Waals surface area contributed by atoms with Crippen LogP contribution in [0.1, 0.15) is 50.6 Å². The molecule has 1 aliphatic rings. The molecule has 0 fully saturated rings. The van der Waals surface area contributed by atoms with E-state index in [0.717, 1.165) is 12.0 Å². The molecule has 1 aromatic carbocycles. The molecule has 0 radical (unpaired) electrons. The molecule has 0 unspecified atom stereocenters. The Kier molecular flexibility index (Phi) is 5.65. The van der Waals surface area contributed by atoms with Gasteiger partial charge >= 0.3 is 0 Å². The summed E-state index contributed by atoms with van der Waals surface area (Å²) in [5.41, 5.74) is 2.85. The van der Waals surface area contributed by atoms with Gasteiger partial charge in [-0.25, -0.2) is 0 Å². The van der Waals surface area contributed by atoms with Gasteiger partial charge in [0.05, 0.1) is 17.7 Å². The Morgan fingerprint density at radius 3 is 2.57 bits per heavy atom. The van der Waals surface area contributed by atoms with Gasteiger partial charge in [-0.1, -0.05) is 0 Å². The van der Waals surface area contributed by atoms with Crippen LogP contribution in [0.3, 0.4) is 0 Å². The van der Waals surface area contributed by atoms with Crippen molar-refractivity contribution in [2.75, 3.05) is 31.3 Å². The van der Waals surface area contributed by atoms with E-state index in [4.69, 9.17) is 4.42 Å². The zero-order valence-corrected chi connectivity index (χ0v) is 16.6. The molecule has 28 heavy (non-hydrogen) atoms. The van der Waals surface area contributed by atoms with Gasteiger partial charge in [-0.2, -0.15) is 0 Å². The molecule has 1 aliphatic carbocycles. The van der Waals surface area contributed by atoms with Crippen molar-refractivity contribution in [3.63, 3.8) is 0 Å². The van der Waals surface area contributed by atoms with Gasteiger partial charge in [-0.05, 0) is 58.1 Å². The largest absolute Gasteiger partial charge is 0.465 e. The number of anilines is 2. The van der Waals surface area contributed by atoms with E-state index < -0.39 is 0 Å². The maximum absolute atomic E-state index is 12.8. The second-order valence-corrected chi connectivity index (χ2v) is 7.38. The molecule has 0 bridgehead atoms. The fourth-order valence-corrected chi connectivity index (χ4v) is 3.43. The molecule has 7 nitrogen and oxygen atoms in total. The smallest absolute Gasteiger partial charge is 0.259 e. The Morgan fingerprint density at radius 1 is 1.14 bits per heavy atom. The van der Waals surface area contributed by atoms with Crippen LogP contribution in [0.2, 0.25) is 0 Å². The van der Waals surface area contributed by atoms with E-state index in [1.165, 1.54) is 0 Å². The fourth-order valence-electron chi connectivity index (χ4n) is 3.43. The first-order valence-corrected chi connectivity index (χ1v) is 9.28. The first kappa shape index (κ1) is 19.8. The summed E-state index contributed by atoms with van der Waals surface area (Å²) in [6, 6.07) is 5.26. The predicted molar refractivity (Wildman–Crippen MR) is 107 cm³/mol. The first-order valence-electron chi connectivity index (χ1n) is 9.28. The standard InChI is InChI=1S/C21H25N3O4/c1-12-10-14(8-9-15(12)23-18(26)11-24(3)4)22-21(27)19-13(2)28-17-7-5-6-16(25)20(17)19/h8-10H,5-7,11H2,1-4H3,(H,22,27)(H,23,26). The Morgan fingerprint density at radius 2 is 1.89 bits per heavy atom. The van der Waals surface area contributed by atoms with Gasteiger partial charge in [0.15, 0.2) is 5.78 Å². The Hall–Kier alpha value is -2.93. The van der Waals surface area contributed by atoms with E-state index in [2.05, 4.69) is 10.6 Å². The number of carbonyl (C=O) groups is 3. The summed E-state index contributed by atoms with van der Waals surface area (Å²) in [7, 11) is 3.65. The molecule has 0 saturated carbocycles. The normalized spacial score (nSPS) is 13.4. The second-order valence-electron chi connectivity index (χ2n) is 7.38. The number of nitrogens with one attached hydrogen (secondary N) is 2. The number of fused-ring (bicyclic) bond motifs is 1. The van der Waals surface area contributed by atoms with Crippen molar-refractivity contribution >= 4 is 29.0 Å². The summed E-state index contributed by atoms with van der Waals surface area (Å²) in [4.78, 5) is 38.8. The Labute approximate surface area is 164 Å². The molecular weight excluding hydrogens is 358 g/mol. The van der Waals surface area contributed by atoms with Crippen molar-refractivity contribution in [3.05, 3.63) is 46.4 Å². The number of Topliss-reactive ketones (excluding diaryl/α,β-unsaturated/α-hetero) is 1. The number of carbonyl (C=O) groups excluding carboxylic acids is 3. The lowest BCUT2D eigenvalue weighted by Crippen LogP contribution is -2.27. The quantitative estimate of drug-likeness (QED) is 0.827. The average Bonchev–Trinajstić information content (AvgIpc) is 2.94. The minimum atomic E-state index is -0.360. The van der Waals surface area contributed by atoms with E-state index in [0.29, 0.717) is 46.9 Å². The van der Waals surface area contributed by atoms with Crippen molar-refractivity contribution in [2.24, 2.45) is 0 Å². The lowest BCUT2D eigenvalue weighted by Gasteiger charge is -2.14. The van der Waals surface area contributed by atoms with Crippen LogP contribution in [0, 0.1) is 13.8 Å². The highest BCUT2D eigenvalue weighted by Crippen LogP contribution is 2.30. The minimum absolute atomic E-state index is 0.0432. The van der Waals surface area contributed by atoms with Crippen LogP contribution >= 0.6 is 0 Å². The van der Waals surface area contributed by atoms with Crippen molar-refractivity contribution in [3.8, 4) is 0 Å². The number of nitrogens with zero attached hydrogens (tertiary/aromatic N) is 1. The van der Waals surface area contributed by atoms with Gasteiger partial charge in [-0.3, -0.25) is 14.4 Å². The molecule has 0 atom stereocenters. The van der Waals surface area contributed by atoms with Crippen LogP contribution in [0.25, 0.3) is 0 Å². The highest BCUT2D eigenvalue weighted by molar-refractivity contribution is 6.14. The van der Waals surface area contributed by atoms with E-state index in [1.54, 1.807) is 30.0 Å². The van der Waals surface area contributed by atoms with Gasteiger partial charge in [-0.15, -0.1) is 0 Å². The lowest BCUT2D eigenvalue weighted by molar-refractivity contribution is -0.116. The molecule has 2 aromatic rings. The van der Waals surface area contributed by atoms with Crippen molar-refractivity contribution < 1.29 is 18.8 Å². The minimum Gasteiger partial charge on any atom is -0.465 e. The first-order chi connectivity index (χ1) is 13.3. The fraction of sp³-hybridized carbons (Fsp3) is 0.381. The van der Waals surface area contributed by atoms with E-state index in [1.807, 2.05) is 21.0 Å². The van der Waals surface area contributed by atoms with Gasteiger partial charge in [0.1, 0.15) is 11.5 Å². The van der Waals surface area contributed by atoms with Crippen LogP contribution in [0.15, 0.2) is 22.6 Å². The van der Waals surface area contributed by atoms with Crippen LogP contribution in [-0.2, 0) is 11.2 Å². The molecule has 2 amide bonds. The number of amides is 2. The van der Waals surface area contributed by atoms with Crippen LogP contribution in [-0.4, -0.2) is 43.1 Å². The van der Waals surface area contributed by atoms with Crippen LogP contribution in [0.5, 0.6) is 0 Å². The number of aryl methyl sites for hydroxylation is 3. The van der Waals surface area contributed by atoms with Crippen molar-refractivity contribution in [1.29, 1.82) is 0 Å². The van der Waals surface area contributed by atoms with E-state index >= 15 is 0 Å². The van der Waals surface area contributed by atoms with Gasteiger partial charge in [0.2, 0.25) is 5.91 Å². The molecule has 0 aliphatic heterocycles. The maximum atomic E-state index is 12.8. The highest BCUT2D eigenvalue weighted by atomic mass is 16.3. The average molecular weight is 383 g/mol. The van der Waals surface area contributed by atoms with Crippen molar-refractivity contribution in [2.45, 2.75) is 33.1 Å². The van der Waals surface area contributed by atoms with Crippen molar-refractivity contribution in [1.82, 2.24) is 4.90 Å². The molecule has 0 spiro atoms. The van der Waals surface area contributed by atoms with E-state index in [9.17, 15) is 14.4 Å². The molecule has 2 N–H and O–H groups in total. The number of likely N-dealkylation sites (N-methyl/N-ethyl adjacent to an activating group) is 1. The summed E-state index contributed by atoms with van der Waals surface area (Å²) in [5, 5.41) is 5.69. The molecule has 1 heterocycles. The number of furan rings is 1. The maximum Gasteiger partial charge on any atom is 0.259 e. The molecule has 3 rings (SSSR count). The third-order valence-corrected chi connectivity index (χ3v) is 4.69. The molecule has 148 valence electrons. The Bertz CT molecular complexity index is 943. The number of benzene rings is 1. The summed E-state index contributed by atoms with van der Waals surface area (Å²) in [6.07, 6.45) is 1.86. The molecule has 0 saturated heterocycles. The lowest BCUT2D eigenvalue weighted by atomic mass is 9.93. The number of rotatable bonds is 5. The summed E-state index contributed by atoms with van der Waals surface area (Å²) in [6.45, 7) is 3.85. The number of hydrogen-bond acceptors (Lipinski definition) is 5. The molecule has 7 heteroatoms. The summed E-state index contributed by atoms with van der Waals surface area (Å²) in [5.74, 6) is 0.556. The zero-order valence-electron chi connectivity index (χ0n) is 16.6. The van der Waals surface area contributed by atoms with Gasteiger partial charge < -0.3 is 20.0 Å². The number of hydrogen-bond donors (Lipinski definition) is 2. The third-order valence-electron chi connectivity index (χ3n) is 4.69. The van der Waals surface area contributed by atoms with Gasteiger partial charge in [0.25, 0.3) is 5.91 Å². The monoisotopic (exact) mass is 383 g/mol. The number of ketones is 1. The van der Waals surface area contributed by atoms with E-state index in [-0.39, 0.29) is 24.1 Å². The van der Waals surface area contributed by atoms with Crippen LogP contribution in [0.4, 0.5) is 11.4 Å². The molecule has 1 aromatic heterocycles.